The number of likely N-dealkylation sites (tertiary alicyclic amines) is 1. The Bertz CT molecular complexity index is 1190. The highest BCUT2D eigenvalue weighted by Crippen LogP contribution is 2.41. The number of morpholine rings is 1. The van der Waals surface area contributed by atoms with Crippen LogP contribution in [0.5, 0.6) is 17.2 Å². The first-order valence-electron chi connectivity index (χ1n) is 12.6. The van der Waals surface area contributed by atoms with Crippen molar-refractivity contribution in [3.63, 3.8) is 0 Å². The summed E-state index contributed by atoms with van der Waals surface area (Å²) in [5.41, 5.74) is 1.09. The SMILES string of the molecule is C=CCOc1ccc(C2C(=C(O)c3ccc(OC)c(OC)c3)C(=O)C(=O)N2CCCN2CCOCC2)cc1. The minimum Gasteiger partial charge on any atom is -0.507 e. The molecule has 2 fully saturated rings. The van der Waals surface area contributed by atoms with Gasteiger partial charge in [0.1, 0.15) is 18.1 Å². The van der Waals surface area contributed by atoms with E-state index in [9.17, 15) is 14.7 Å². The third kappa shape index (κ3) is 5.84. The van der Waals surface area contributed by atoms with Gasteiger partial charge in [-0.05, 0) is 42.3 Å². The fraction of sp³-hybridized carbons (Fsp3) is 0.379. The van der Waals surface area contributed by atoms with E-state index in [0.717, 1.165) is 19.6 Å². The fourth-order valence-corrected chi connectivity index (χ4v) is 4.79. The van der Waals surface area contributed by atoms with Gasteiger partial charge in [-0.2, -0.15) is 0 Å². The van der Waals surface area contributed by atoms with Crippen LogP contribution >= 0.6 is 0 Å². The molecule has 9 heteroatoms. The molecule has 1 atom stereocenters. The van der Waals surface area contributed by atoms with Gasteiger partial charge in [-0.1, -0.05) is 24.8 Å². The third-order valence-corrected chi connectivity index (χ3v) is 6.74. The van der Waals surface area contributed by atoms with E-state index in [1.54, 1.807) is 41.3 Å². The molecule has 2 aliphatic heterocycles. The van der Waals surface area contributed by atoms with Crippen molar-refractivity contribution in [3.05, 3.63) is 71.8 Å². The highest BCUT2D eigenvalue weighted by molar-refractivity contribution is 6.46. The van der Waals surface area contributed by atoms with Crippen LogP contribution in [-0.2, 0) is 14.3 Å². The van der Waals surface area contributed by atoms with Gasteiger partial charge < -0.3 is 29.0 Å². The molecular weight excluding hydrogens is 488 g/mol. The van der Waals surface area contributed by atoms with Crippen LogP contribution in [0.15, 0.2) is 60.7 Å². The first-order chi connectivity index (χ1) is 18.5. The first-order valence-corrected chi connectivity index (χ1v) is 12.6. The average Bonchev–Trinajstić information content (AvgIpc) is 3.21. The summed E-state index contributed by atoms with van der Waals surface area (Å²) in [6.07, 6.45) is 2.33. The molecule has 2 aromatic carbocycles. The number of ether oxygens (including phenoxy) is 4. The Labute approximate surface area is 222 Å². The Morgan fingerprint density at radius 1 is 1.05 bits per heavy atom. The van der Waals surface area contributed by atoms with Gasteiger partial charge in [0.05, 0.1) is 39.0 Å². The van der Waals surface area contributed by atoms with Crippen molar-refractivity contribution in [1.82, 2.24) is 9.80 Å². The highest BCUT2D eigenvalue weighted by Gasteiger charge is 2.45. The average molecular weight is 523 g/mol. The molecule has 0 aliphatic carbocycles. The minimum atomic E-state index is -0.749. The zero-order valence-electron chi connectivity index (χ0n) is 21.9. The summed E-state index contributed by atoms with van der Waals surface area (Å²) in [5.74, 6) is -0.0998. The molecule has 0 spiro atoms. The molecule has 0 radical (unpaired) electrons. The predicted molar refractivity (Wildman–Crippen MR) is 143 cm³/mol. The quantitative estimate of drug-likeness (QED) is 0.208. The van der Waals surface area contributed by atoms with Gasteiger partial charge in [0, 0.05) is 31.7 Å². The van der Waals surface area contributed by atoms with Crippen molar-refractivity contribution in [1.29, 1.82) is 0 Å². The molecule has 0 aromatic heterocycles. The van der Waals surface area contributed by atoms with Crippen molar-refractivity contribution in [3.8, 4) is 17.2 Å². The van der Waals surface area contributed by atoms with Gasteiger partial charge in [-0.3, -0.25) is 14.5 Å². The topological polar surface area (TPSA) is 97.8 Å². The molecule has 0 bridgehead atoms. The Hall–Kier alpha value is -3.82. The van der Waals surface area contributed by atoms with Gasteiger partial charge in [-0.25, -0.2) is 0 Å². The Kier molecular flexibility index (Phi) is 9.04. The van der Waals surface area contributed by atoms with E-state index in [2.05, 4.69) is 11.5 Å². The largest absolute Gasteiger partial charge is 0.507 e. The van der Waals surface area contributed by atoms with Gasteiger partial charge in [0.2, 0.25) is 0 Å². The molecule has 2 heterocycles. The number of nitrogens with zero attached hydrogens (tertiary/aromatic N) is 2. The molecule has 1 amide bonds. The van der Waals surface area contributed by atoms with E-state index >= 15 is 0 Å². The summed E-state index contributed by atoms with van der Waals surface area (Å²) in [6.45, 7) is 8.23. The summed E-state index contributed by atoms with van der Waals surface area (Å²) in [7, 11) is 3.01. The zero-order chi connectivity index (χ0) is 27.1. The number of aliphatic hydroxyl groups excluding tert-OH is 1. The molecule has 1 unspecified atom stereocenters. The second-order valence-corrected chi connectivity index (χ2v) is 9.04. The third-order valence-electron chi connectivity index (χ3n) is 6.74. The molecule has 2 aromatic rings. The van der Waals surface area contributed by atoms with Gasteiger partial charge in [0.25, 0.3) is 11.7 Å². The van der Waals surface area contributed by atoms with Crippen molar-refractivity contribution in [2.45, 2.75) is 12.5 Å². The molecule has 1 N–H and O–H groups in total. The van der Waals surface area contributed by atoms with E-state index in [1.807, 2.05) is 12.1 Å². The van der Waals surface area contributed by atoms with Gasteiger partial charge in [0.15, 0.2) is 11.5 Å². The minimum absolute atomic E-state index is 0.0355. The zero-order valence-corrected chi connectivity index (χ0v) is 21.9. The predicted octanol–water partition coefficient (Wildman–Crippen LogP) is 3.41. The lowest BCUT2D eigenvalue weighted by molar-refractivity contribution is -0.140. The normalized spacial score (nSPS) is 19.4. The number of benzene rings is 2. The standard InChI is InChI=1S/C29H34N2O7/c1-4-16-38-22-9-6-20(7-10-22)26-25(27(32)21-8-11-23(35-2)24(19-21)36-3)28(33)29(34)31(26)13-5-12-30-14-17-37-18-15-30/h4,6-11,19,26,32H,1,5,12-18H2,2-3H3. The second-order valence-electron chi connectivity index (χ2n) is 9.04. The molecule has 0 saturated carbocycles. The molecule has 202 valence electrons. The summed E-state index contributed by atoms with van der Waals surface area (Å²) < 4.78 is 21.7. The van der Waals surface area contributed by atoms with Crippen LogP contribution in [0.4, 0.5) is 0 Å². The van der Waals surface area contributed by atoms with E-state index < -0.39 is 17.7 Å². The molecule has 2 saturated heterocycles. The number of rotatable bonds is 11. The molecule has 38 heavy (non-hydrogen) atoms. The fourth-order valence-electron chi connectivity index (χ4n) is 4.79. The van der Waals surface area contributed by atoms with Crippen molar-refractivity contribution in [2.75, 3.05) is 60.2 Å². The molecule has 4 rings (SSSR count). The number of amides is 1. The lowest BCUT2D eigenvalue weighted by atomic mass is 9.95. The van der Waals surface area contributed by atoms with Crippen LogP contribution in [0.3, 0.4) is 0 Å². The molecular formula is C29H34N2O7. The van der Waals surface area contributed by atoms with E-state index in [-0.39, 0.29) is 11.3 Å². The Morgan fingerprint density at radius 3 is 2.42 bits per heavy atom. The number of ketones is 1. The Balaban J connectivity index is 1.69. The van der Waals surface area contributed by atoms with E-state index in [0.29, 0.717) is 61.2 Å². The summed E-state index contributed by atoms with van der Waals surface area (Å²) in [5, 5.41) is 11.4. The van der Waals surface area contributed by atoms with Crippen LogP contribution in [0.2, 0.25) is 0 Å². The monoisotopic (exact) mass is 522 g/mol. The number of methoxy groups -OCH3 is 2. The maximum Gasteiger partial charge on any atom is 0.295 e. The maximum atomic E-state index is 13.3. The van der Waals surface area contributed by atoms with Crippen molar-refractivity contribution < 1.29 is 33.6 Å². The number of carbonyl (C=O) groups is 2. The first kappa shape index (κ1) is 27.2. The molecule has 2 aliphatic rings. The Morgan fingerprint density at radius 2 is 1.76 bits per heavy atom. The van der Waals surface area contributed by atoms with Crippen LogP contribution in [0.1, 0.15) is 23.6 Å². The number of hydrogen-bond donors (Lipinski definition) is 1. The van der Waals surface area contributed by atoms with Gasteiger partial charge in [-0.15, -0.1) is 0 Å². The number of aliphatic hydroxyl groups is 1. The van der Waals surface area contributed by atoms with Crippen LogP contribution in [-0.4, -0.2) is 86.8 Å². The van der Waals surface area contributed by atoms with E-state index in [1.165, 1.54) is 14.2 Å². The van der Waals surface area contributed by atoms with Crippen LogP contribution < -0.4 is 14.2 Å². The summed E-state index contributed by atoms with van der Waals surface area (Å²) in [6, 6.07) is 11.3. The van der Waals surface area contributed by atoms with Crippen molar-refractivity contribution >= 4 is 17.4 Å². The second kappa shape index (κ2) is 12.6. The lowest BCUT2D eigenvalue weighted by Gasteiger charge is -2.29. The number of Topliss-reactive ketones (excluding diaryl/α,β-unsaturated/α-hetero) is 1. The lowest BCUT2D eigenvalue weighted by Crippen LogP contribution is -2.38. The van der Waals surface area contributed by atoms with Crippen LogP contribution in [0, 0.1) is 0 Å². The maximum absolute atomic E-state index is 13.3. The smallest absolute Gasteiger partial charge is 0.295 e. The van der Waals surface area contributed by atoms with E-state index in [4.69, 9.17) is 18.9 Å². The highest BCUT2D eigenvalue weighted by atomic mass is 16.5. The van der Waals surface area contributed by atoms with Crippen LogP contribution in [0.25, 0.3) is 5.76 Å². The summed E-state index contributed by atoms with van der Waals surface area (Å²) in [4.78, 5) is 30.4. The number of hydrogen-bond acceptors (Lipinski definition) is 8. The van der Waals surface area contributed by atoms with Crippen molar-refractivity contribution in [2.24, 2.45) is 0 Å². The number of carbonyl (C=O) groups excluding carboxylic acids is 2. The molecule has 9 nitrogen and oxygen atoms in total. The summed E-state index contributed by atoms with van der Waals surface area (Å²) >= 11 is 0. The van der Waals surface area contributed by atoms with Gasteiger partial charge >= 0.3 is 0 Å².